The normalized spacial score (nSPS) is 18.3. The van der Waals surface area contributed by atoms with E-state index in [9.17, 15) is 15.0 Å². The molecule has 2 aromatic carbocycles. The molecule has 12 heteroatoms. The van der Waals surface area contributed by atoms with Gasteiger partial charge in [0.2, 0.25) is 5.95 Å². The standard InChI is InChI=1S/C31H31N7O4S/c1-19-13-22(27-16-33-29(43-27)31(41)10-7-21(8-11-31)28(39)40)15-23(14-19)34-30-32-12-9-25(35-30)26-18-38(37-36-26)17-20-3-5-24(42-2)6-4-20/h3-6,9,12-16,18,21,41H,7-8,10-11,17H2,1-2H3,(H,39,40)(H,32,34,35). The van der Waals surface area contributed by atoms with Crippen LogP contribution < -0.4 is 10.1 Å². The van der Waals surface area contributed by atoms with Crippen LogP contribution in [-0.2, 0) is 16.9 Å². The molecule has 0 spiro atoms. The van der Waals surface area contributed by atoms with Crippen molar-refractivity contribution < 1.29 is 19.7 Å². The van der Waals surface area contributed by atoms with E-state index in [1.54, 1.807) is 30.3 Å². The van der Waals surface area contributed by atoms with Crippen LogP contribution in [0.25, 0.3) is 21.8 Å². The summed E-state index contributed by atoms with van der Waals surface area (Å²) in [5.41, 5.74) is 4.06. The van der Waals surface area contributed by atoms with Crippen molar-refractivity contribution in [1.82, 2.24) is 29.9 Å². The largest absolute Gasteiger partial charge is 0.497 e. The number of aliphatic hydroxyl groups is 1. The molecule has 0 saturated heterocycles. The zero-order valence-corrected chi connectivity index (χ0v) is 24.6. The number of carboxylic acid groups (broad SMARTS) is 1. The number of hydrogen-bond donors (Lipinski definition) is 3. The van der Waals surface area contributed by atoms with Crippen molar-refractivity contribution in [1.29, 1.82) is 0 Å². The van der Waals surface area contributed by atoms with Gasteiger partial charge in [0.1, 0.15) is 22.1 Å². The Labute approximate surface area is 252 Å². The quantitative estimate of drug-likeness (QED) is 0.201. The van der Waals surface area contributed by atoms with E-state index < -0.39 is 17.5 Å². The minimum Gasteiger partial charge on any atom is -0.497 e. The Morgan fingerprint density at radius 1 is 1.12 bits per heavy atom. The molecule has 220 valence electrons. The van der Waals surface area contributed by atoms with Crippen molar-refractivity contribution in [3.63, 3.8) is 0 Å². The van der Waals surface area contributed by atoms with Gasteiger partial charge in [0.15, 0.2) is 0 Å². The molecule has 1 aliphatic carbocycles. The van der Waals surface area contributed by atoms with Gasteiger partial charge in [-0.25, -0.2) is 19.6 Å². The van der Waals surface area contributed by atoms with Gasteiger partial charge in [0, 0.05) is 18.1 Å². The average molecular weight is 598 g/mol. The second kappa shape index (κ2) is 11.9. The Hall–Kier alpha value is -4.68. The number of rotatable bonds is 9. The van der Waals surface area contributed by atoms with Gasteiger partial charge in [-0.2, -0.15) is 0 Å². The molecule has 0 atom stereocenters. The van der Waals surface area contributed by atoms with E-state index in [1.165, 1.54) is 11.3 Å². The number of carbonyl (C=O) groups is 1. The average Bonchev–Trinajstić information content (AvgIpc) is 3.69. The summed E-state index contributed by atoms with van der Waals surface area (Å²) in [5, 5.41) is 33.0. The summed E-state index contributed by atoms with van der Waals surface area (Å²) in [7, 11) is 1.64. The van der Waals surface area contributed by atoms with Gasteiger partial charge >= 0.3 is 5.97 Å². The molecule has 3 heterocycles. The van der Waals surface area contributed by atoms with E-state index in [4.69, 9.17) is 4.74 Å². The first-order chi connectivity index (χ1) is 20.8. The highest BCUT2D eigenvalue weighted by atomic mass is 32.1. The zero-order chi connectivity index (χ0) is 30.0. The number of aromatic nitrogens is 6. The fourth-order valence-corrected chi connectivity index (χ4v) is 6.33. The Kier molecular flexibility index (Phi) is 7.87. The summed E-state index contributed by atoms with van der Waals surface area (Å²) < 4.78 is 6.99. The third kappa shape index (κ3) is 6.40. The lowest BCUT2D eigenvalue weighted by molar-refractivity contribution is -0.145. The van der Waals surface area contributed by atoms with E-state index in [0.29, 0.717) is 54.6 Å². The Balaban J connectivity index is 1.16. The van der Waals surface area contributed by atoms with Crippen molar-refractivity contribution >= 4 is 28.9 Å². The third-order valence-corrected chi connectivity index (χ3v) is 8.88. The number of thiazole rings is 1. The number of benzene rings is 2. The predicted octanol–water partition coefficient (Wildman–Crippen LogP) is 5.43. The lowest BCUT2D eigenvalue weighted by Gasteiger charge is -2.32. The number of carboxylic acids is 1. The number of hydrogen-bond acceptors (Lipinski definition) is 10. The number of methoxy groups -OCH3 is 1. The molecule has 6 rings (SSSR count). The summed E-state index contributed by atoms with van der Waals surface area (Å²) in [6, 6.07) is 15.7. The molecule has 1 fully saturated rings. The molecule has 0 amide bonds. The van der Waals surface area contributed by atoms with Crippen LogP contribution in [0.5, 0.6) is 5.75 Å². The maximum absolute atomic E-state index is 11.3. The number of nitrogens with zero attached hydrogens (tertiary/aromatic N) is 6. The van der Waals surface area contributed by atoms with E-state index in [1.807, 2.05) is 49.5 Å². The van der Waals surface area contributed by atoms with Gasteiger partial charge in [-0.1, -0.05) is 23.4 Å². The van der Waals surface area contributed by atoms with E-state index in [0.717, 1.165) is 33.0 Å². The molecular weight excluding hydrogens is 566 g/mol. The molecule has 1 saturated carbocycles. The monoisotopic (exact) mass is 597 g/mol. The highest BCUT2D eigenvalue weighted by molar-refractivity contribution is 7.15. The van der Waals surface area contributed by atoms with Crippen molar-refractivity contribution in [2.45, 2.75) is 44.8 Å². The van der Waals surface area contributed by atoms with Crippen LogP contribution in [0.1, 0.15) is 41.8 Å². The zero-order valence-electron chi connectivity index (χ0n) is 23.8. The summed E-state index contributed by atoms with van der Waals surface area (Å²) >= 11 is 1.44. The van der Waals surface area contributed by atoms with Gasteiger partial charge < -0.3 is 20.3 Å². The lowest BCUT2D eigenvalue weighted by Crippen LogP contribution is -2.33. The molecule has 1 aliphatic rings. The van der Waals surface area contributed by atoms with Crippen molar-refractivity contribution in [2.24, 2.45) is 5.92 Å². The fraction of sp³-hybridized carbons (Fsp3) is 0.290. The highest BCUT2D eigenvalue weighted by Gasteiger charge is 2.39. The van der Waals surface area contributed by atoms with Crippen LogP contribution in [0.2, 0.25) is 0 Å². The summed E-state index contributed by atoms with van der Waals surface area (Å²) in [4.78, 5) is 25.9. The van der Waals surface area contributed by atoms with Gasteiger partial charge in [-0.15, -0.1) is 16.4 Å². The number of aryl methyl sites for hydroxylation is 1. The van der Waals surface area contributed by atoms with Gasteiger partial charge in [-0.05, 0) is 79.6 Å². The molecule has 0 unspecified atom stereocenters. The number of aliphatic carboxylic acids is 1. The fourth-order valence-electron chi connectivity index (χ4n) is 5.28. The molecule has 0 aliphatic heterocycles. The second-order valence-corrected chi connectivity index (χ2v) is 11.8. The molecule has 5 aromatic rings. The van der Waals surface area contributed by atoms with Crippen LogP contribution in [-0.4, -0.2) is 53.2 Å². The van der Waals surface area contributed by atoms with E-state index >= 15 is 0 Å². The Morgan fingerprint density at radius 3 is 2.65 bits per heavy atom. The summed E-state index contributed by atoms with van der Waals surface area (Å²) in [6.45, 7) is 2.58. The minimum atomic E-state index is -1.09. The van der Waals surface area contributed by atoms with Gasteiger partial charge in [0.05, 0.1) is 36.3 Å². The molecular formula is C31H31N7O4S. The van der Waals surface area contributed by atoms with Crippen LogP contribution in [0, 0.1) is 12.8 Å². The first-order valence-electron chi connectivity index (χ1n) is 13.9. The van der Waals surface area contributed by atoms with Crippen LogP contribution in [0.4, 0.5) is 11.6 Å². The lowest BCUT2D eigenvalue weighted by atomic mass is 9.79. The molecule has 3 aromatic heterocycles. The highest BCUT2D eigenvalue weighted by Crippen LogP contribution is 2.43. The van der Waals surface area contributed by atoms with Crippen LogP contribution in [0.3, 0.4) is 0 Å². The van der Waals surface area contributed by atoms with Crippen molar-refractivity contribution in [2.75, 3.05) is 12.4 Å². The van der Waals surface area contributed by atoms with Crippen molar-refractivity contribution in [3.8, 4) is 27.6 Å². The Morgan fingerprint density at radius 2 is 1.91 bits per heavy atom. The number of anilines is 2. The van der Waals surface area contributed by atoms with E-state index in [-0.39, 0.29) is 0 Å². The van der Waals surface area contributed by atoms with E-state index in [2.05, 4.69) is 36.6 Å². The van der Waals surface area contributed by atoms with Crippen LogP contribution >= 0.6 is 11.3 Å². The topological polar surface area (TPSA) is 148 Å². The number of ether oxygens (including phenoxy) is 1. The first-order valence-corrected chi connectivity index (χ1v) is 14.8. The molecule has 0 bridgehead atoms. The molecule has 0 radical (unpaired) electrons. The van der Waals surface area contributed by atoms with Crippen molar-refractivity contribution in [3.05, 3.63) is 83.3 Å². The molecule has 11 nitrogen and oxygen atoms in total. The van der Waals surface area contributed by atoms with Gasteiger partial charge in [-0.3, -0.25) is 4.79 Å². The minimum absolute atomic E-state index is 0.389. The van der Waals surface area contributed by atoms with Gasteiger partial charge in [0.25, 0.3) is 0 Å². The smallest absolute Gasteiger partial charge is 0.306 e. The summed E-state index contributed by atoms with van der Waals surface area (Å²) in [5.74, 6) is 0.0227. The number of nitrogens with one attached hydrogen (secondary N) is 1. The van der Waals surface area contributed by atoms with Crippen LogP contribution in [0.15, 0.2) is 67.1 Å². The predicted molar refractivity (Wildman–Crippen MR) is 162 cm³/mol. The molecule has 43 heavy (non-hydrogen) atoms. The summed E-state index contributed by atoms with van der Waals surface area (Å²) in [6.07, 6.45) is 6.96. The SMILES string of the molecule is COc1ccc(Cn2cc(-c3ccnc(Nc4cc(C)cc(-c5cnc(C6(O)CCC(C(=O)O)CC6)s5)c4)n3)nn2)cc1. The maximum Gasteiger partial charge on any atom is 0.306 e. The third-order valence-electron chi connectivity index (χ3n) is 7.64. The maximum atomic E-state index is 11.3. The Bertz CT molecular complexity index is 1740. The second-order valence-electron chi connectivity index (χ2n) is 10.8. The molecule has 3 N–H and O–H groups in total. The first kappa shape index (κ1) is 28.4.